The third kappa shape index (κ3) is 3.83. The molecule has 1 aromatic carbocycles. The molecule has 0 radical (unpaired) electrons. The molecule has 0 unspecified atom stereocenters. The van der Waals surface area contributed by atoms with Crippen molar-refractivity contribution in [2.24, 2.45) is 0 Å². The van der Waals surface area contributed by atoms with E-state index in [0.29, 0.717) is 0 Å². The van der Waals surface area contributed by atoms with Gasteiger partial charge in [0, 0.05) is 26.2 Å². The summed E-state index contributed by atoms with van der Waals surface area (Å²) in [6.07, 6.45) is 9.33. The first-order valence-corrected chi connectivity index (χ1v) is 8.45. The summed E-state index contributed by atoms with van der Waals surface area (Å²) in [7, 11) is 0. The topological polar surface area (TPSA) is 15.3 Å². The van der Waals surface area contributed by atoms with E-state index >= 15 is 0 Å². The van der Waals surface area contributed by atoms with Gasteiger partial charge in [-0.1, -0.05) is 18.2 Å². The van der Waals surface area contributed by atoms with E-state index in [1.807, 2.05) is 0 Å². The predicted octanol–water partition coefficient (Wildman–Crippen LogP) is 2.79. The number of benzene rings is 1. The van der Waals surface area contributed by atoms with Gasteiger partial charge in [0.1, 0.15) is 0 Å². The molecule has 0 aromatic heterocycles. The maximum atomic E-state index is 3.42. The van der Waals surface area contributed by atoms with Crippen LogP contribution in [0.5, 0.6) is 0 Å². The first kappa shape index (κ1) is 14.1. The normalized spacial score (nSPS) is 19.8. The Morgan fingerprint density at radius 2 is 1.75 bits per heavy atom. The summed E-state index contributed by atoms with van der Waals surface area (Å²) in [5.74, 6) is 0. The van der Waals surface area contributed by atoms with Gasteiger partial charge in [-0.05, 0) is 68.2 Å². The lowest BCUT2D eigenvalue weighted by Gasteiger charge is -2.27. The Bertz CT molecular complexity index is 421. The van der Waals surface area contributed by atoms with Crippen LogP contribution < -0.4 is 5.32 Å². The summed E-state index contributed by atoms with van der Waals surface area (Å²) in [4.78, 5) is 2.60. The molecule has 1 fully saturated rings. The minimum Gasteiger partial charge on any atom is -0.314 e. The molecule has 1 aliphatic heterocycles. The van der Waals surface area contributed by atoms with Crippen LogP contribution in [-0.2, 0) is 19.3 Å². The standard InChI is InChI=1S/C18H28N2/c1-2-7-18-15-16(8-9-17(18)6-1)5-3-4-12-20-13-10-19-11-14-20/h8-9,15,19H,1-7,10-14H2. The number of unbranched alkanes of at least 4 members (excludes halogenated alkanes) is 1. The summed E-state index contributed by atoms with van der Waals surface area (Å²) in [5.41, 5.74) is 4.81. The van der Waals surface area contributed by atoms with Crippen LogP contribution in [0, 0.1) is 0 Å². The molecule has 110 valence electrons. The lowest BCUT2D eigenvalue weighted by molar-refractivity contribution is 0.237. The maximum Gasteiger partial charge on any atom is 0.0107 e. The SMILES string of the molecule is c1cc2c(cc1CCCCN1CCNCC1)CCCC2. The Kier molecular flexibility index (Phi) is 5.10. The number of hydrogen-bond donors (Lipinski definition) is 1. The molecule has 0 spiro atoms. The highest BCUT2D eigenvalue weighted by Crippen LogP contribution is 2.22. The van der Waals surface area contributed by atoms with Crippen molar-refractivity contribution in [3.63, 3.8) is 0 Å². The van der Waals surface area contributed by atoms with Crippen molar-refractivity contribution in [2.45, 2.75) is 44.9 Å². The van der Waals surface area contributed by atoms with Crippen LogP contribution in [0.25, 0.3) is 0 Å². The van der Waals surface area contributed by atoms with Crippen LogP contribution in [0.1, 0.15) is 42.4 Å². The Hall–Kier alpha value is -0.860. The van der Waals surface area contributed by atoms with E-state index in [0.717, 1.165) is 0 Å². The largest absolute Gasteiger partial charge is 0.314 e. The lowest BCUT2D eigenvalue weighted by Crippen LogP contribution is -2.43. The average molecular weight is 272 g/mol. The second-order valence-corrected chi connectivity index (χ2v) is 6.36. The zero-order valence-electron chi connectivity index (χ0n) is 12.7. The summed E-state index contributed by atoms with van der Waals surface area (Å²) >= 11 is 0. The van der Waals surface area contributed by atoms with E-state index in [1.165, 1.54) is 77.7 Å². The molecule has 0 bridgehead atoms. The molecule has 1 aromatic rings. The van der Waals surface area contributed by atoms with Crippen LogP contribution in [0.3, 0.4) is 0 Å². The second-order valence-electron chi connectivity index (χ2n) is 6.36. The second kappa shape index (κ2) is 7.24. The van der Waals surface area contributed by atoms with E-state index < -0.39 is 0 Å². The van der Waals surface area contributed by atoms with Crippen molar-refractivity contribution in [1.29, 1.82) is 0 Å². The van der Waals surface area contributed by atoms with E-state index in [2.05, 4.69) is 28.4 Å². The van der Waals surface area contributed by atoms with Gasteiger partial charge < -0.3 is 10.2 Å². The zero-order valence-corrected chi connectivity index (χ0v) is 12.7. The van der Waals surface area contributed by atoms with E-state index in [-0.39, 0.29) is 0 Å². The van der Waals surface area contributed by atoms with Gasteiger partial charge in [-0.3, -0.25) is 0 Å². The van der Waals surface area contributed by atoms with Gasteiger partial charge in [0.2, 0.25) is 0 Å². The van der Waals surface area contributed by atoms with Gasteiger partial charge in [-0.25, -0.2) is 0 Å². The van der Waals surface area contributed by atoms with Gasteiger partial charge >= 0.3 is 0 Å². The smallest absolute Gasteiger partial charge is 0.0107 e. The van der Waals surface area contributed by atoms with E-state index in [1.54, 1.807) is 16.7 Å². The van der Waals surface area contributed by atoms with Gasteiger partial charge in [0.15, 0.2) is 0 Å². The molecular formula is C18H28N2. The molecule has 20 heavy (non-hydrogen) atoms. The van der Waals surface area contributed by atoms with E-state index in [9.17, 15) is 0 Å². The molecule has 0 saturated carbocycles. The fraction of sp³-hybridized carbons (Fsp3) is 0.667. The lowest BCUT2D eigenvalue weighted by atomic mass is 9.89. The highest BCUT2D eigenvalue weighted by molar-refractivity contribution is 5.33. The quantitative estimate of drug-likeness (QED) is 0.829. The van der Waals surface area contributed by atoms with Crippen LogP contribution in [0.15, 0.2) is 18.2 Å². The van der Waals surface area contributed by atoms with Gasteiger partial charge in [0.25, 0.3) is 0 Å². The van der Waals surface area contributed by atoms with Crippen LogP contribution >= 0.6 is 0 Å². The Morgan fingerprint density at radius 1 is 0.950 bits per heavy atom. The Labute approximate surface area is 123 Å². The molecule has 1 saturated heterocycles. The molecule has 1 N–H and O–H groups in total. The summed E-state index contributed by atoms with van der Waals surface area (Å²) < 4.78 is 0. The highest BCUT2D eigenvalue weighted by atomic mass is 15.2. The van der Waals surface area contributed by atoms with Crippen molar-refractivity contribution < 1.29 is 0 Å². The fourth-order valence-electron chi connectivity index (χ4n) is 3.54. The number of rotatable bonds is 5. The first-order valence-electron chi connectivity index (χ1n) is 8.45. The van der Waals surface area contributed by atoms with Crippen LogP contribution in [0.2, 0.25) is 0 Å². The number of aryl methyl sites for hydroxylation is 3. The molecule has 1 aliphatic carbocycles. The number of hydrogen-bond acceptors (Lipinski definition) is 2. The molecule has 0 amide bonds. The van der Waals surface area contributed by atoms with E-state index in [4.69, 9.17) is 0 Å². The third-order valence-electron chi connectivity index (χ3n) is 4.81. The maximum absolute atomic E-state index is 3.42. The molecule has 1 heterocycles. The molecule has 2 nitrogen and oxygen atoms in total. The van der Waals surface area contributed by atoms with Crippen molar-refractivity contribution in [1.82, 2.24) is 10.2 Å². The van der Waals surface area contributed by atoms with Crippen molar-refractivity contribution in [2.75, 3.05) is 32.7 Å². The van der Waals surface area contributed by atoms with Crippen molar-refractivity contribution in [3.8, 4) is 0 Å². The summed E-state index contributed by atoms with van der Waals surface area (Å²) in [5, 5.41) is 3.42. The minimum atomic E-state index is 1.17. The van der Waals surface area contributed by atoms with Crippen LogP contribution in [-0.4, -0.2) is 37.6 Å². The molecule has 3 rings (SSSR count). The molecular weight excluding hydrogens is 244 g/mol. The van der Waals surface area contributed by atoms with Gasteiger partial charge in [-0.15, -0.1) is 0 Å². The van der Waals surface area contributed by atoms with Crippen LogP contribution in [0.4, 0.5) is 0 Å². The monoisotopic (exact) mass is 272 g/mol. The number of fused-ring (bicyclic) bond motifs is 1. The third-order valence-corrected chi connectivity index (χ3v) is 4.81. The predicted molar refractivity (Wildman–Crippen MR) is 85.3 cm³/mol. The minimum absolute atomic E-state index is 1.17. The molecule has 2 aliphatic rings. The Morgan fingerprint density at radius 3 is 2.60 bits per heavy atom. The van der Waals surface area contributed by atoms with Gasteiger partial charge in [0.05, 0.1) is 0 Å². The number of piperazine rings is 1. The highest BCUT2D eigenvalue weighted by Gasteiger charge is 2.10. The molecule has 2 heteroatoms. The Balaban J connectivity index is 1.41. The fourth-order valence-corrected chi connectivity index (χ4v) is 3.54. The van der Waals surface area contributed by atoms with Crippen molar-refractivity contribution >= 4 is 0 Å². The first-order chi connectivity index (χ1) is 9.92. The average Bonchev–Trinajstić information content (AvgIpc) is 2.52. The molecule has 0 atom stereocenters. The van der Waals surface area contributed by atoms with Gasteiger partial charge in [-0.2, -0.15) is 0 Å². The zero-order chi connectivity index (χ0) is 13.6. The number of nitrogens with zero attached hydrogens (tertiary/aromatic N) is 1. The summed E-state index contributed by atoms with van der Waals surface area (Å²) in [6.45, 7) is 6.10. The van der Waals surface area contributed by atoms with Crippen molar-refractivity contribution in [3.05, 3.63) is 34.9 Å². The summed E-state index contributed by atoms with van der Waals surface area (Å²) in [6, 6.07) is 7.24. The number of nitrogens with one attached hydrogen (secondary N) is 1.